The number of anilines is 1. The van der Waals surface area contributed by atoms with Crippen LogP contribution in [0.2, 0.25) is 0 Å². The fourth-order valence-electron chi connectivity index (χ4n) is 2.01. The first-order chi connectivity index (χ1) is 9.53. The van der Waals surface area contributed by atoms with Crippen LogP contribution in [-0.2, 0) is 10.0 Å². The molecule has 0 radical (unpaired) electrons. The van der Waals surface area contributed by atoms with Gasteiger partial charge in [-0.2, -0.15) is 0 Å². The number of sulfonamides is 1. The maximum absolute atomic E-state index is 12.0. The molecule has 1 rings (SSSR count). The highest BCUT2D eigenvalue weighted by molar-refractivity contribution is 7.89. The van der Waals surface area contributed by atoms with Crippen molar-refractivity contribution < 1.29 is 8.42 Å². The molecule has 0 aliphatic rings. The van der Waals surface area contributed by atoms with Gasteiger partial charge in [0.25, 0.3) is 0 Å². The lowest BCUT2D eigenvalue weighted by Crippen LogP contribution is -2.24. The van der Waals surface area contributed by atoms with E-state index in [1.807, 2.05) is 19.1 Å². The minimum Gasteiger partial charge on any atom is -0.382 e. The van der Waals surface area contributed by atoms with Crippen molar-refractivity contribution in [2.75, 3.05) is 11.9 Å². The van der Waals surface area contributed by atoms with E-state index in [4.69, 9.17) is 0 Å². The zero-order valence-corrected chi connectivity index (χ0v) is 13.5. The maximum atomic E-state index is 12.0. The van der Waals surface area contributed by atoms with E-state index in [-0.39, 0.29) is 0 Å². The molecule has 0 fully saturated rings. The van der Waals surface area contributed by atoms with Gasteiger partial charge in [0, 0.05) is 18.3 Å². The number of benzene rings is 1. The highest BCUT2D eigenvalue weighted by atomic mass is 32.2. The molecule has 0 spiro atoms. The van der Waals surface area contributed by atoms with Gasteiger partial charge in [-0.3, -0.25) is 0 Å². The lowest BCUT2D eigenvalue weighted by Gasteiger charge is -2.17. The van der Waals surface area contributed by atoms with Gasteiger partial charge in [-0.05, 0) is 43.5 Å². The Morgan fingerprint density at radius 3 is 2.20 bits per heavy atom. The molecular formula is C15H26N2O2S. The molecule has 4 nitrogen and oxygen atoms in total. The minimum absolute atomic E-state index is 0.319. The summed E-state index contributed by atoms with van der Waals surface area (Å²) in [7, 11) is -3.36. The molecule has 1 atom stereocenters. The molecule has 1 aromatic carbocycles. The van der Waals surface area contributed by atoms with Crippen molar-refractivity contribution in [3.05, 3.63) is 24.3 Å². The predicted octanol–water partition coefficient (Wildman–Crippen LogP) is 3.37. The monoisotopic (exact) mass is 298 g/mol. The molecule has 2 N–H and O–H groups in total. The van der Waals surface area contributed by atoms with Crippen LogP contribution in [0.1, 0.15) is 46.5 Å². The number of rotatable bonds is 9. The van der Waals surface area contributed by atoms with Gasteiger partial charge in [-0.25, -0.2) is 13.1 Å². The first kappa shape index (κ1) is 17.0. The second-order valence-electron chi connectivity index (χ2n) is 4.96. The molecule has 0 bridgehead atoms. The van der Waals surface area contributed by atoms with Crippen molar-refractivity contribution in [2.24, 2.45) is 0 Å². The molecule has 0 aromatic heterocycles. The lowest BCUT2D eigenvalue weighted by molar-refractivity contribution is 0.581. The topological polar surface area (TPSA) is 58.2 Å². The summed E-state index contributed by atoms with van der Waals surface area (Å²) in [5.74, 6) is 0. The first-order valence-corrected chi connectivity index (χ1v) is 8.88. The third kappa shape index (κ3) is 5.13. The van der Waals surface area contributed by atoms with Gasteiger partial charge in [0.2, 0.25) is 10.0 Å². The zero-order valence-electron chi connectivity index (χ0n) is 12.6. The van der Waals surface area contributed by atoms with Crippen molar-refractivity contribution in [3.8, 4) is 0 Å². The Labute approximate surface area is 123 Å². The van der Waals surface area contributed by atoms with Gasteiger partial charge < -0.3 is 5.32 Å². The van der Waals surface area contributed by atoms with Crippen LogP contribution in [0.15, 0.2) is 29.2 Å². The summed E-state index contributed by atoms with van der Waals surface area (Å²) in [6.07, 6.45) is 4.10. The Bertz CT molecular complexity index is 483. The van der Waals surface area contributed by atoms with Gasteiger partial charge in [-0.1, -0.05) is 27.2 Å². The third-order valence-corrected chi connectivity index (χ3v) is 4.68. The van der Waals surface area contributed by atoms with E-state index >= 15 is 0 Å². The molecule has 114 valence electrons. The summed E-state index contributed by atoms with van der Waals surface area (Å²) in [5, 5.41) is 3.44. The molecule has 0 aliphatic carbocycles. The van der Waals surface area contributed by atoms with Crippen molar-refractivity contribution in [1.82, 2.24) is 4.72 Å². The van der Waals surface area contributed by atoms with E-state index in [0.717, 1.165) is 31.4 Å². The van der Waals surface area contributed by atoms with E-state index in [2.05, 4.69) is 23.9 Å². The van der Waals surface area contributed by atoms with Crippen LogP contribution in [0.25, 0.3) is 0 Å². The summed E-state index contributed by atoms with van der Waals surface area (Å²) < 4.78 is 26.5. The number of nitrogens with one attached hydrogen (secondary N) is 2. The maximum Gasteiger partial charge on any atom is 0.240 e. The van der Waals surface area contributed by atoms with Crippen LogP contribution in [0, 0.1) is 0 Å². The van der Waals surface area contributed by atoms with Crippen LogP contribution >= 0.6 is 0 Å². The van der Waals surface area contributed by atoms with Gasteiger partial charge in [0.15, 0.2) is 0 Å². The summed E-state index contributed by atoms with van der Waals surface area (Å²) in [6, 6.07) is 7.41. The van der Waals surface area contributed by atoms with Gasteiger partial charge in [0.1, 0.15) is 0 Å². The average molecular weight is 298 g/mol. The Balaban J connectivity index is 2.73. The normalized spacial score (nSPS) is 13.2. The summed E-state index contributed by atoms with van der Waals surface area (Å²) in [4.78, 5) is 0.319. The molecule has 20 heavy (non-hydrogen) atoms. The lowest BCUT2D eigenvalue weighted by atomic mass is 10.1. The van der Waals surface area contributed by atoms with Crippen molar-refractivity contribution in [1.29, 1.82) is 0 Å². The Hall–Kier alpha value is -1.07. The van der Waals surface area contributed by atoms with Crippen LogP contribution in [-0.4, -0.2) is 21.0 Å². The highest BCUT2D eigenvalue weighted by Gasteiger charge is 2.13. The van der Waals surface area contributed by atoms with Crippen molar-refractivity contribution in [3.63, 3.8) is 0 Å². The molecule has 0 amide bonds. The van der Waals surface area contributed by atoms with Gasteiger partial charge in [-0.15, -0.1) is 0 Å². The quantitative estimate of drug-likeness (QED) is 0.735. The van der Waals surface area contributed by atoms with E-state index in [9.17, 15) is 8.42 Å². The molecule has 1 aromatic rings. The van der Waals surface area contributed by atoms with Crippen LogP contribution in [0.4, 0.5) is 5.69 Å². The molecule has 0 saturated heterocycles. The molecule has 0 saturated carbocycles. The van der Waals surface area contributed by atoms with Crippen LogP contribution < -0.4 is 10.0 Å². The van der Waals surface area contributed by atoms with Crippen molar-refractivity contribution >= 4 is 15.7 Å². The van der Waals surface area contributed by atoms with E-state index in [1.165, 1.54) is 0 Å². The second-order valence-corrected chi connectivity index (χ2v) is 6.73. The average Bonchev–Trinajstić information content (AvgIpc) is 2.45. The Morgan fingerprint density at radius 2 is 1.70 bits per heavy atom. The summed E-state index contributed by atoms with van der Waals surface area (Å²) in [5.41, 5.74) is 0.972. The molecule has 0 heterocycles. The van der Waals surface area contributed by atoms with Gasteiger partial charge in [0.05, 0.1) is 4.90 Å². The smallest absolute Gasteiger partial charge is 0.240 e. The van der Waals surface area contributed by atoms with E-state index < -0.39 is 10.0 Å². The molecule has 1 unspecified atom stereocenters. The summed E-state index contributed by atoms with van der Waals surface area (Å²) >= 11 is 0. The SMILES string of the molecule is CCCNS(=O)(=O)c1ccc(NC(CC)CCC)cc1. The first-order valence-electron chi connectivity index (χ1n) is 7.39. The Morgan fingerprint density at radius 1 is 1.05 bits per heavy atom. The fourth-order valence-corrected chi connectivity index (χ4v) is 3.15. The third-order valence-electron chi connectivity index (χ3n) is 3.21. The number of hydrogen-bond acceptors (Lipinski definition) is 3. The summed E-state index contributed by atoms with van der Waals surface area (Å²) in [6.45, 7) is 6.73. The standard InChI is InChI=1S/C15H26N2O2S/c1-4-7-13(6-3)17-14-8-10-15(11-9-14)20(18,19)16-12-5-2/h8-11,13,16-17H,4-7,12H2,1-3H3. The molecule has 0 aliphatic heterocycles. The largest absolute Gasteiger partial charge is 0.382 e. The second kappa shape index (κ2) is 8.27. The predicted molar refractivity (Wildman–Crippen MR) is 84.5 cm³/mol. The van der Waals surface area contributed by atoms with Crippen molar-refractivity contribution in [2.45, 2.75) is 57.4 Å². The van der Waals surface area contributed by atoms with Gasteiger partial charge >= 0.3 is 0 Å². The minimum atomic E-state index is -3.36. The van der Waals surface area contributed by atoms with Crippen LogP contribution in [0.3, 0.4) is 0 Å². The highest BCUT2D eigenvalue weighted by Crippen LogP contribution is 2.16. The zero-order chi connectivity index (χ0) is 15.0. The van der Waals surface area contributed by atoms with E-state index in [0.29, 0.717) is 17.5 Å². The Kier molecular flexibility index (Phi) is 7.02. The number of hydrogen-bond donors (Lipinski definition) is 2. The van der Waals surface area contributed by atoms with Crippen LogP contribution in [0.5, 0.6) is 0 Å². The molecular weight excluding hydrogens is 272 g/mol. The fraction of sp³-hybridized carbons (Fsp3) is 0.600. The van der Waals surface area contributed by atoms with E-state index in [1.54, 1.807) is 12.1 Å². The molecule has 5 heteroatoms.